The summed E-state index contributed by atoms with van der Waals surface area (Å²) in [6.45, 7) is 1.83. The number of anilines is 1. The second kappa shape index (κ2) is 6.29. The molecule has 1 amide bonds. The highest BCUT2D eigenvalue weighted by Gasteiger charge is 2.08. The summed E-state index contributed by atoms with van der Waals surface area (Å²) in [5.41, 5.74) is 2.85. The highest BCUT2D eigenvalue weighted by atomic mass is 35.5. The van der Waals surface area contributed by atoms with E-state index in [0.29, 0.717) is 16.4 Å². The molecule has 0 radical (unpaired) electrons. The summed E-state index contributed by atoms with van der Waals surface area (Å²) >= 11 is 6.09. The van der Waals surface area contributed by atoms with Crippen LogP contribution in [0.1, 0.15) is 16.8 Å². The Morgan fingerprint density at radius 2 is 2.29 bits per heavy atom. The number of carbonyl (C=O) groups is 1. The van der Waals surface area contributed by atoms with Gasteiger partial charge in [0.2, 0.25) is 5.91 Å². The smallest absolute Gasteiger partial charge is 0.248 e. The van der Waals surface area contributed by atoms with Crippen molar-refractivity contribution in [3.63, 3.8) is 0 Å². The number of benzene rings is 1. The van der Waals surface area contributed by atoms with Crippen LogP contribution in [0, 0.1) is 19.3 Å². The van der Waals surface area contributed by atoms with Gasteiger partial charge in [-0.05, 0) is 31.2 Å². The highest BCUT2D eigenvalue weighted by Crippen LogP contribution is 2.20. The maximum atomic E-state index is 11.9. The molecule has 2 rings (SSSR count). The van der Waals surface area contributed by atoms with E-state index >= 15 is 0 Å². The van der Waals surface area contributed by atoms with E-state index in [0.717, 1.165) is 11.3 Å². The fraction of sp³-hybridized carbons (Fsp3) is 0.125. The van der Waals surface area contributed by atoms with Crippen molar-refractivity contribution in [3.05, 3.63) is 52.3 Å². The minimum atomic E-state index is -0.261. The van der Waals surface area contributed by atoms with Crippen LogP contribution in [-0.2, 0) is 11.8 Å². The fourth-order valence-electron chi connectivity index (χ4n) is 1.87. The minimum Gasteiger partial charge on any atom is -0.322 e. The lowest BCUT2D eigenvalue weighted by Gasteiger charge is -2.02. The predicted octanol–water partition coefficient (Wildman–Crippen LogP) is 3.02. The first kappa shape index (κ1) is 14.9. The van der Waals surface area contributed by atoms with E-state index in [2.05, 4.69) is 16.3 Å². The minimum absolute atomic E-state index is 0.261. The Bertz CT molecular complexity index is 753. The molecule has 106 valence electrons. The van der Waals surface area contributed by atoms with Crippen LogP contribution in [0.2, 0.25) is 5.15 Å². The maximum Gasteiger partial charge on any atom is 0.248 e. The Labute approximate surface area is 128 Å². The molecule has 0 atom stereocenters. The van der Waals surface area contributed by atoms with Gasteiger partial charge in [-0.15, -0.1) is 6.42 Å². The van der Waals surface area contributed by atoms with Crippen molar-refractivity contribution in [2.24, 2.45) is 7.05 Å². The molecule has 1 aromatic carbocycles. The number of hydrogen-bond acceptors (Lipinski definition) is 2. The number of hydrogen-bond donors (Lipinski definition) is 1. The third kappa shape index (κ3) is 3.53. The second-order valence-corrected chi connectivity index (χ2v) is 4.82. The average molecular weight is 300 g/mol. The number of halogens is 1. The number of aryl methyl sites for hydroxylation is 2. The van der Waals surface area contributed by atoms with Crippen molar-refractivity contribution in [2.45, 2.75) is 6.92 Å². The van der Waals surface area contributed by atoms with Crippen LogP contribution in [0.3, 0.4) is 0 Å². The number of nitrogens with zero attached hydrogens (tertiary/aromatic N) is 2. The molecule has 1 heterocycles. The van der Waals surface area contributed by atoms with E-state index in [4.69, 9.17) is 18.0 Å². The molecule has 1 N–H and O–H groups in total. The van der Waals surface area contributed by atoms with Gasteiger partial charge >= 0.3 is 0 Å². The maximum absolute atomic E-state index is 11.9. The van der Waals surface area contributed by atoms with Crippen LogP contribution < -0.4 is 5.32 Å². The van der Waals surface area contributed by atoms with E-state index in [1.165, 1.54) is 6.08 Å². The Morgan fingerprint density at radius 1 is 1.52 bits per heavy atom. The number of aromatic nitrogens is 2. The summed E-state index contributed by atoms with van der Waals surface area (Å²) < 4.78 is 1.56. The van der Waals surface area contributed by atoms with Gasteiger partial charge in [-0.3, -0.25) is 9.48 Å². The van der Waals surface area contributed by atoms with Gasteiger partial charge in [-0.25, -0.2) is 0 Å². The summed E-state index contributed by atoms with van der Waals surface area (Å²) in [7, 11) is 1.75. The molecule has 0 fully saturated rings. The first-order valence-electron chi connectivity index (χ1n) is 6.26. The number of amides is 1. The topological polar surface area (TPSA) is 46.9 Å². The third-order valence-corrected chi connectivity index (χ3v) is 3.34. The lowest BCUT2D eigenvalue weighted by molar-refractivity contribution is -0.111. The number of carbonyl (C=O) groups excluding carboxylic acids is 1. The first-order chi connectivity index (χ1) is 10.0. The van der Waals surface area contributed by atoms with Crippen LogP contribution in [-0.4, -0.2) is 15.7 Å². The molecule has 21 heavy (non-hydrogen) atoms. The monoisotopic (exact) mass is 299 g/mol. The van der Waals surface area contributed by atoms with Gasteiger partial charge in [-0.1, -0.05) is 23.6 Å². The van der Waals surface area contributed by atoms with E-state index in [1.54, 1.807) is 42.1 Å². The molecular formula is C16H14ClN3O. The Hall–Kier alpha value is -2.51. The number of nitrogens with one attached hydrogen (secondary N) is 1. The zero-order chi connectivity index (χ0) is 15.4. The zero-order valence-electron chi connectivity index (χ0n) is 11.7. The van der Waals surface area contributed by atoms with Crippen LogP contribution in [0.25, 0.3) is 6.08 Å². The summed E-state index contributed by atoms with van der Waals surface area (Å²) in [5.74, 6) is 2.26. The molecule has 4 nitrogen and oxygen atoms in total. The standard InChI is InChI=1S/C16H14ClN3O/c1-4-12-6-5-7-13(10-12)18-15(21)9-8-14-11(2)19-20(3)16(14)17/h1,5-10H,2-3H3,(H,18,21). The van der Waals surface area contributed by atoms with Crippen LogP contribution in [0.5, 0.6) is 0 Å². The molecule has 0 aliphatic rings. The van der Waals surface area contributed by atoms with Crippen LogP contribution in [0.15, 0.2) is 30.3 Å². The Kier molecular flexibility index (Phi) is 4.46. The Balaban J connectivity index is 2.11. The molecule has 0 aliphatic heterocycles. The largest absolute Gasteiger partial charge is 0.322 e. The van der Waals surface area contributed by atoms with Gasteiger partial charge in [-0.2, -0.15) is 5.10 Å². The molecule has 1 aromatic heterocycles. The van der Waals surface area contributed by atoms with Crippen molar-refractivity contribution in [1.82, 2.24) is 9.78 Å². The van der Waals surface area contributed by atoms with Gasteiger partial charge in [0.25, 0.3) is 0 Å². The lowest BCUT2D eigenvalue weighted by Crippen LogP contribution is -2.07. The van der Waals surface area contributed by atoms with Crippen molar-refractivity contribution in [3.8, 4) is 12.3 Å². The van der Waals surface area contributed by atoms with E-state index in [-0.39, 0.29) is 5.91 Å². The fourth-order valence-corrected chi connectivity index (χ4v) is 2.10. The van der Waals surface area contributed by atoms with Crippen molar-refractivity contribution in [2.75, 3.05) is 5.32 Å². The molecule has 0 aliphatic carbocycles. The summed E-state index contributed by atoms with van der Waals surface area (Å²) in [6, 6.07) is 7.09. The van der Waals surface area contributed by atoms with Crippen LogP contribution in [0.4, 0.5) is 5.69 Å². The quantitative estimate of drug-likeness (QED) is 0.699. The molecular weight excluding hydrogens is 286 g/mol. The van der Waals surface area contributed by atoms with Gasteiger partial charge in [0.05, 0.1) is 5.69 Å². The predicted molar refractivity (Wildman–Crippen MR) is 85.0 cm³/mol. The van der Waals surface area contributed by atoms with Crippen molar-refractivity contribution >= 4 is 29.3 Å². The molecule has 0 bridgehead atoms. The van der Waals surface area contributed by atoms with Crippen molar-refractivity contribution < 1.29 is 4.79 Å². The summed E-state index contributed by atoms with van der Waals surface area (Å²) in [6.07, 6.45) is 8.38. The summed E-state index contributed by atoms with van der Waals surface area (Å²) in [4.78, 5) is 11.9. The second-order valence-electron chi connectivity index (χ2n) is 4.46. The molecule has 0 spiro atoms. The number of rotatable bonds is 3. The third-order valence-electron chi connectivity index (χ3n) is 2.89. The van der Waals surface area contributed by atoms with E-state index < -0.39 is 0 Å². The Morgan fingerprint density at radius 3 is 2.90 bits per heavy atom. The van der Waals surface area contributed by atoms with Gasteiger partial charge in [0.15, 0.2) is 0 Å². The van der Waals surface area contributed by atoms with Crippen LogP contribution >= 0.6 is 11.6 Å². The SMILES string of the molecule is C#Cc1cccc(NC(=O)C=Cc2c(C)nn(C)c2Cl)c1. The van der Waals surface area contributed by atoms with Gasteiger partial charge in [0.1, 0.15) is 5.15 Å². The van der Waals surface area contributed by atoms with E-state index in [9.17, 15) is 4.79 Å². The normalized spacial score (nSPS) is 10.6. The van der Waals surface area contributed by atoms with Gasteiger partial charge < -0.3 is 5.32 Å². The number of terminal acetylenes is 1. The molecule has 5 heteroatoms. The molecule has 0 saturated heterocycles. The lowest BCUT2D eigenvalue weighted by atomic mass is 10.2. The summed E-state index contributed by atoms with van der Waals surface area (Å²) in [5, 5.41) is 7.41. The highest BCUT2D eigenvalue weighted by molar-refractivity contribution is 6.31. The average Bonchev–Trinajstić information content (AvgIpc) is 2.70. The zero-order valence-corrected chi connectivity index (χ0v) is 12.5. The first-order valence-corrected chi connectivity index (χ1v) is 6.64. The molecule has 0 saturated carbocycles. The molecule has 2 aromatic rings. The van der Waals surface area contributed by atoms with E-state index in [1.807, 2.05) is 6.92 Å². The van der Waals surface area contributed by atoms with Crippen molar-refractivity contribution in [1.29, 1.82) is 0 Å². The van der Waals surface area contributed by atoms with Gasteiger partial charge in [0, 0.05) is 29.9 Å². The molecule has 0 unspecified atom stereocenters.